The summed E-state index contributed by atoms with van der Waals surface area (Å²) in [5.41, 5.74) is 2.67. The van der Waals surface area contributed by atoms with E-state index in [-0.39, 0.29) is 17.2 Å². The van der Waals surface area contributed by atoms with Gasteiger partial charge in [0.1, 0.15) is 5.75 Å². The van der Waals surface area contributed by atoms with Crippen LogP contribution in [0.4, 0.5) is 0 Å². The Hall–Kier alpha value is -1.88. The summed E-state index contributed by atoms with van der Waals surface area (Å²) in [6, 6.07) is 5.16. The second-order valence-electron chi connectivity index (χ2n) is 10.2. The highest BCUT2D eigenvalue weighted by molar-refractivity contribution is 6.76. The zero-order valence-corrected chi connectivity index (χ0v) is 19.9. The van der Waals surface area contributed by atoms with Crippen LogP contribution in [-0.4, -0.2) is 34.0 Å². The lowest BCUT2D eigenvalue weighted by molar-refractivity contribution is -0.151. The number of benzene rings is 1. The SMILES string of the molecule is COC(=O)[C@@]1(C)CCC[C@@]2(C)C1=CC(=O)c1c(CC[Si](C)(C)C)cc(OC)cc12. The van der Waals surface area contributed by atoms with Gasteiger partial charge in [-0.25, -0.2) is 0 Å². The summed E-state index contributed by atoms with van der Waals surface area (Å²) in [4.78, 5) is 26.1. The van der Waals surface area contributed by atoms with Crippen molar-refractivity contribution in [2.24, 2.45) is 5.41 Å². The molecule has 0 radical (unpaired) electrons. The largest absolute Gasteiger partial charge is 0.497 e. The molecule has 0 saturated heterocycles. The van der Waals surface area contributed by atoms with Gasteiger partial charge in [-0.3, -0.25) is 9.59 Å². The number of hydrogen-bond acceptors (Lipinski definition) is 4. The number of methoxy groups -OCH3 is 2. The van der Waals surface area contributed by atoms with E-state index in [0.29, 0.717) is 6.42 Å². The smallest absolute Gasteiger partial charge is 0.315 e. The maximum Gasteiger partial charge on any atom is 0.315 e. The van der Waals surface area contributed by atoms with E-state index in [4.69, 9.17) is 9.47 Å². The minimum atomic E-state index is -1.26. The predicted molar refractivity (Wildman–Crippen MR) is 119 cm³/mol. The van der Waals surface area contributed by atoms with Gasteiger partial charge >= 0.3 is 5.97 Å². The summed E-state index contributed by atoms with van der Waals surface area (Å²) >= 11 is 0. The summed E-state index contributed by atoms with van der Waals surface area (Å²) in [6.45, 7) is 11.1. The lowest BCUT2D eigenvalue weighted by atomic mass is 9.54. The first kappa shape index (κ1) is 21.8. The normalized spacial score (nSPS) is 26.3. The van der Waals surface area contributed by atoms with Crippen LogP contribution in [-0.2, 0) is 21.4 Å². The Kier molecular flexibility index (Phi) is 5.58. The number of ketones is 1. The Morgan fingerprint density at radius 3 is 2.41 bits per heavy atom. The number of esters is 1. The van der Waals surface area contributed by atoms with Crippen molar-refractivity contribution in [2.45, 2.75) is 70.6 Å². The van der Waals surface area contributed by atoms with Gasteiger partial charge in [-0.05, 0) is 61.1 Å². The Morgan fingerprint density at radius 1 is 1.14 bits per heavy atom. The molecule has 2 aliphatic carbocycles. The minimum Gasteiger partial charge on any atom is -0.497 e. The zero-order chi connectivity index (χ0) is 21.6. The number of rotatable bonds is 5. The van der Waals surface area contributed by atoms with Crippen LogP contribution in [0.2, 0.25) is 25.7 Å². The molecule has 158 valence electrons. The summed E-state index contributed by atoms with van der Waals surface area (Å²) < 4.78 is 10.8. The van der Waals surface area contributed by atoms with E-state index in [1.54, 1.807) is 13.2 Å². The Bertz CT molecular complexity index is 880. The van der Waals surface area contributed by atoms with E-state index < -0.39 is 13.5 Å². The topological polar surface area (TPSA) is 52.6 Å². The highest BCUT2D eigenvalue weighted by Gasteiger charge is 2.53. The molecular weight excluding hydrogens is 380 g/mol. The van der Waals surface area contributed by atoms with Crippen molar-refractivity contribution in [3.63, 3.8) is 0 Å². The van der Waals surface area contributed by atoms with Gasteiger partial charge in [0, 0.05) is 19.1 Å². The summed E-state index contributed by atoms with van der Waals surface area (Å²) in [7, 11) is 1.84. The van der Waals surface area contributed by atoms with E-state index in [0.717, 1.165) is 53.3 Å². The molecule has 0 spiro atoms. The van der Waals surface area contributed by atoms with E-state index in [9.17, 15) is 9.59 Å². The van der Waals surface area contributed by atoms with Crippen molar-refractivity contribution >= 4 is 19.8 Å². The van der Waals surface area contributed by atoms with Crippen molar-refractivity contribution in [3.05, 3.63) is 40.5 Å². The molecule has 1 aromatic rings. The third kappa shape index (κ3) is 3.70. The van der Waals surface area contributed by atoms with Crippen LogP contribution in [0, 0.1) is 5.41 Å². The molecule has 3 rings (SSSR count). The van der Waals surface area contributed by atoms with Gasteiger partial charge in [0.15, 0.2) is 5.78 Å². The fourth-order valence-corrected chi connectivity index (χ4v) is 6.16. The standard InChI is InChI=1S/C24H34O4Si/c1-23-10-8-11-24(2,22(26)28-4)20(23)15-19(25)21-16(9-12-29(5,6)7)13-17(27-3)14-18(21)23/h13-15H,8-12H2,1-7H3/t23-,24+/m1/s1. The Balaban J connectivity index is 2.19. The maximum absolute atomic E-state index is 13.4. The quantitative estimate of drug-likeness (QED) is 0.483. The number of allylic oxidation sites excluding steroid dienone is 1. The van der Waals surface area contributed by atoms with Gasteiger partial charge in [0.25, 0.3) is 0 Å². The average Bonchev–Trinajstić information content (AvgIpc) is 2.66. The Labute approximate surface area is 175 Å². The van der Waals surface area contributed by atoms with Crippen molar-refractivity contribution in [1.82, 2.24) is 0 Å². The van der Waals surface area contributed by atoms with Crippen molar-refractivity contribution in [1.29, 1.82) is 0 Å². The van der Waals surface area contributed by atoms with Crippen molar-refractivity contribution < 1.29 is 19.1 Å². The molecular formula is C24H34O4Si. The highest BCUT2D eigenvalue weighted by Crippen LogP contribution is 2.56. The lowest BCUT2D eigenvalue weighted by Gasteiger charge is -2.48. The van der Waals surface area contributed by atoms with Crippen LogP contribution in [0.1, 0.15) is 54.6 Å². The fourth-order valence-electron chi connectivity index (χ4n) is 5.14. The fraction of sp³-hybridized carbons (Fsp3) is 0.583. The first-order chi connectivity index (χ1) is 13.5. The van der Waals surface area contributed by atoms with Crippen molar-refractivity contribution in [3.8, 4) is 5.75 Å². The molecule has 0 aromatic heterocycles. The molecule has 1 fully saturated rings. The number of carbonyl (C=O) groups excluding carboxylic acids is 2. The minimum absolute atomic E-state index is 0.0118. The van der Waals surface area contributed by atoms with Crippen LogP contribution >= 0.6 is 0 Å². The van der Waals surface area contributed by atoms with E-state index in [1.165, 1.54) is 7.11 Å². The number of carbonyl (C=O) groups is 2. The van der Waals surface area contributed by atoms with Crippen LogP contribution in [0.3, 0.4) is 0 Å². The average molecular weight is 415 g/mol. The van der Waals surface area contributed by atoms with Gasteiger partial charge < -0.3 is 9.47 Å². The monoisotopic (exact) mass is 414 g/mol. The van der Waals surface area contributed by atoms with Gasteiger partial charge in [-0.1, -0.05) is 39.0 Å². The van der Waals surface area contributed by atoms with Gasteiger partial charge in [0.05, 0.1) is 19.6 Å². The molecule has 0 bridgehead atoms. The van der Waals surface area contributed by atoms with Crippen LogP contribution < -0.4 is 4.74 Å². The van der Waals surface area contributed by atoms with Crippen LogP contribution in [0.15, 0.2) is 23.8 Å². The summed E-state index contributed by atoms with van der Waals surface area (Å²) in [5, 5.41) is 0. The molecule has 29 heavy (non-hydrogen) atoms. The highest BCUT2D eigenvalue weighted by atomic mass is 28.3. The third-order valence-electron chi connectivity index (χ3n) is 6.87. The molecule has 2 atom stereocenters. The number of ether oxygens (including phenoxy) is 2. The second kappa shape index (κ2) is 7.42. The first-order valence-electron chi connectivity index (χ1n) is 10.5. The second-order valence-corrected chi connectivity index (χ2v) is 15.8. The van der Waals surface area contributed by atoms with Crippen molar-refractivity contribution in [2.75, 3.05) is 14.2 Å². The molecule has 1 saturated carbocycles. The molecule has 0 aliphatic heterocycles. The molecule has 0 unspecified atom stereocenters. The van der Waals surface area contributed by atoms with Crippen LogP contribution in [0.5, 0.6) is 5.75 Å². The lowest BCUT2D eigenvalue weighted by Crippen LogP contribution is -2.47. The summed E-state index contributed by atoms with van der Waals surface area (Å²) in [5.74, 6) is 0.542. The maximum atomic E-state index is 13.4. The zero-order valence-electron chi connectivity index (χ0n) is 18.9. The molecule has 1 aromatic carbocycles. The Morgan fingerprint density at radius 2 is 1.83 bits per heavy atom. The molecule has 0 heterocycles. The van der Waals surface area contributed by atoms with Gasteiger partial charge in [0.2, 0.25) is 0 Å². The summed E-state index contributed by atoms with van der Waals surface area (Å²) in [6.07, 6.45) is 5.15. The van der Waals surface area contributed by atoms with E-state index in [1.807, 2.05) is 19.1 Å². The predicted octanol–water partition coefficient (Wildman–Crippen LogP) is 5.32. The number of fused-ring (bicyclic) bond motifs is 3. The van der Waals surface area contributed by atoms with Gasteiger partial charge in [-0.2, -0.15) is 0 Å². The van der Waals surface area contributed by atoms with Crippen LogP contribution in [0.25, 0.3) is 0 Å². The number of hydrogen-bond donors (Lipinski definition) is 0. The molecule has 4 nitrogen and oxygen atoms in total. The molecule has 0 N–H and O–H groups in total. The van der Waals surface area contributed by atoms with Gasteiger partial charge in [-0.15, -0.1) is 0 Å². The van der Waals surface area contributed by atoms with E-state index in [2.05, 4.69) is 26.6 Å². The molecule has 2 aliphatic rings. The third-order valence-corrected chi connectivity index (χ3v) is 8.62. The molecule has 0 amide bonds. The number of aryl methyl sites for hydroxylation is 1. The molecule has 5 heteroatoms. The first-order valence-corrected chi connectivity index (χ1v) is 14.2. The van der Waals surface area contributed by atoms with E-state index >= 15 is 0 Å².